The maximum atomic E-state index is 12.7. The average molecular weight is 442 g/mol. The van der Waals surface area contributed by atoms with Crippen LogP contribution in [0.4, 0.5) is 0 Å². The third-order valence-electron chi connectivity index (χ3n) is 6.04. The van der Waals surface area contributed by atoms with Crippen LogP contribution in [0.1, 0.15) is 41.6 Å². The summed E-state index contributed by atoms with van der Waals surface area (Å²) < 4.78 is 0. The summed E-state index contributed by atoms with van der Waals surface area (Å²) in [5.74, 6) is 0.199. The van der Waals surface area contributed by atoms with Crippen LogP contribution in [0.5, 0.6) is 0 Å². The first-order valence-electron chi connectivity index (χ1n) is 11.0. The minimum Gasteiger partial charge on any atom is -0.354 e. The molecule has 32 heavy (non-hydrogen) atoms. The summed E-state index contributed by atoms with van der Waals surface area (Å²) in [6.45, 7) is 0. The Bertz CT molecular complexity index is 1390. The Hall–Kier alpha value is -3.37. The SMILES string of the molecule is O=C(CCCCCc1cc(-c2ccn[nH]2)ccc1Cl)c1ccc2c(c1)[nH]c1ccccc12. The van der Waals surface area contributed by atoms with Crippen molar-refractivity contribution in [3.05, 3.63) is 89.1 Å². The van der Waals surface area contributed by atoms with Crippen LogP contribution in [0.25, 0.3) is 33.1 Å². The number of unbranched alkanes of at least 4 members (excludes halogenated alkanes) is 2. The Morgan fingerprint density at radius 1 is 0.875 bits per heavy atom. The highest BCUT2D eigenvalue weighted by Gasteiger charge is 2.10. The van der Waals surface area contributed by atoms with Crippen LogP contribution in [0.2, 0.25) is 5.02 Å². The summed E-state index contributed by atoms with van der Waals surface area (Å²) in [4.78, 5) is 16.1. The van der Waals surface area contributed by atoms with Gasteiger partial charge in [-0.15, -0.1) is 0 Å². The third kappa shape index (κ3) is 4.19. The lowest BCUT2D eigenvalue weighted by Gasteiger charge is -2.07. The number of nitrogens with one attached hydrogen (secondary N) is 2. The number of carbonyl (C=O) groups excluding carboxylic acids is 1. The molecule has 5 heteroatoms. The number of aryl methyl sites for hydroxylation is 1. The van der Waals surface area contributed by atoms with E-state index in [0.717, 1.165) is 69.5 Å². The number of hydrogen-bond donors (Lipinski definition) is 2. The van der Waals surface area contributed by atoms with Crippen molar-refractivity contribution in [2.45, 2.75) is 32.1 Å². The molecule has 4 nitrogen and oxygen atoms in total. The molecular weight excluding hydrogens is 418 g/mol. The van der Waals surface area contributed by atoms with Gasteiger partial charge in [0.15, 0.2) is 5.78 Å². The summed E-state index contributed by atoms with van der Waals surface area (Å²) in [7, 11) is 0. The molecule has 0 unspecified atom stereocenters. The van der Waals surface area contributed by atoms with Gasteiger partial charge in [0.1, 0.15) is 0 Å². The van der Waals surface area contributed by atoms with Crippen molar-refractivity contribution in [2.75, 3.05) is 0 Å². The fourth-order valence-corrected chi connectivity index (χ4v) is 4.51. The number of Topliss-reactive ketones (excluding diaryl/α,β-unsaturated/α-hetero) is 1. The van der Waals surface area contributed by atoms with Gasteiger partial charge >= 0.3 is 0 Å². The summed E-state index contributed by atoms with van der Waals surface area (Å²) in [6.07, 6.45) is 6.08. The molecule has 0 atom stereocenters. The number of halogens is 1. The first kappa shape index (κ1) is 20.5. The van der Waals surface area contributed by atoms with E-state index in [-0.39, 0.29) is 5.78 Å². The van der Waals surface area contributed by atoms with Gasteiger partial charge in [0, 0.05) is 45.0 Å². The van der Waals surface area contributed by atoms with Crippen molar-refractivity contribution in [3.8, 4) is 11.3 Å². The number of fused-ring (bicyclic) bond motifs is 3. The average Bonchev–Trinajstić information content (AvgIpc) is 3.47. The zero-order valence-electron chi connectivity index (χ0n) is 17.7. The van der Waals surface area contributed by atoms with Crippen LogP contribution in [-0.4, -0.2) is 21.0 Å². The van der Waals surface area contributed by atoms with Gasteiger partial charge in [0.25, 0.3) is 0 Å². The molecule has 0 fully saturated rings. The Kier molecular flexibility index (Phi) is 5.78. The number of para-hydroxylation sites is 1. The highest BCUT2D eigenvalue weighted by atomic mass is 35.5. The Balaban J connectivity index is 1.16. The number of nitrogens with zero attached hydrogens (tertiary/aromatic N) is 1. The highest BCUT2D eigenvalue weighted by molar-refractivity contribution is 6.31. The van der Waals surface area contributed by atoms with Gasteiger partial charge in [-0.3, -0.25) is 9.89 Å². The van der Waals surface area contributed by atoms with E-state index >= 15 is 0 Å². The van der Waals surface area contributed by atoms with Gasteiger partial charge in [-0.1, -0.05) is 54.4 Å². The molecule has 3 aromatic carbocycles. The molecule has 0 aliphatic rings. The van der Waals surface area contributed by atoms with Crippen molar-refractivity contribution < 1.29 is 4.79 Å². The molecule has 2 N–H and O–H groups in total. The second kappa shape index (κ2) is 9.01. The van der Waals surface area contributed by atoms with E-state index in [1.165, 1.54) is 5.39 Å². The topological polar surface area (TPSA) is 61.5 Å². The number of H-pyrrole nitrogens is 2. The summed E-state index contributed by atoms with van der Waals surface area (Å²) in [5.41, 5.74) is 6.10. The molecule has 5 aromatic rings. The standard InChI is InChI=1S/C27H24ClN3O/c28-23-13-11-19(24-14-15-29-31-24)16-18(23)6-2-1-3-9-27(32)20-10-12-22-21-7-4-5-8-25(21)30-26(22)17-20/h4-5,7-8,10-17,30H,1-3,6,9H2,(H,29,31). The van der Waals surface area contributed by atoms with Gasteiger partial charge in [-0.2, -0.15) is 5.10 Å². The zero-order chi connectivity index (χ0) is 21.9. The van der Waals surface area contributed by atoms with Crippen molar-refractivity contribution in [2.24, 2.45) is 0 Å². The lowest BCUT2D eigenvalue weighted by molar-refractivity contribution is 0.0979. The number of ketones is 1. The molecule has 2 heterocycles. The zero-order valence-corrected chi connectivity index (χ0v) is 18.5. The van der Waals surface area contributed by atoms with E-state index in [1.807, 2.05) is 42.5 Å². The number of hydrogen-bond acceptors (Lipinski definition) is 2. The highest BCUT2D eigenvalue weighted by Crippen LogP contribution is 2.27. The predicted molar refractivity (Wildman–Crippen MR) is 131 cm³/mol. The second-order valence-corrected chi connectivity index (χ2v) is 8.60. The maximum absolute atomic E-state index is 12.7. The quantitative estimate of drug-likeness (QED) is 0.195. The van der Waals surface area contributed by atoms with Gasteiger partial charge < -0.3 is 4.98 Å². The second-order valence-electron chi connectivity index (χ2n) is 8.19. The first-order valence-corrected chi connectivity index (χ1v) is 11.4. The van der Waals surface area contributed by atoms with E-state index in [0.29, 0.717) is 6.42 Å². The molecule has 0 aliphatic heterocycles. The van der Waals surface area contributed by atoms with E-state index < -0.39 is 0 Å². The van der Waals surface area contributed by atoms with Crippen LogP contribution < -0.4 is 0 Å². The monoisotopic (exact) mass is 441 g/mol. The van der Waals surface area contributed by atoms with E-state index in [9.17, 15) is 4.79 Å². The molecule has 160 valence electrons. The molecule has 5 rings (SSSR count). The summed E-state index contributed by atoms with van der Waals surface area (Å²) in [5, 5.41) is 10.1. The Labute approximate surface area is 191 Å². The molecular formula is C27H24ClN3O. The molecule has 0 radical (unpaired) electrons. The van der Waals surface area contributed by atoms with E-state index in [4.69, 9.17) is 11.6 Å². The van der Waals surface area contributed by atoms with E-state index in [1.54, 1.807) is 6.20 Å². The number of aromatic nitrogens is 3. The van der Waals surface area contributed by atoms with Crippen LogP contribution in [0, 0.1) is 0 Å². The minimum atomic E-state index is 0.199. The van der Waals surface area contributed by atoms with Gasteiger partial charge in [0.2, 0.25) is 0 Å². The molecule has 0 saturated heterocycles. The summed E-state index contributed by atoms with van der Waals surface area (Å²) in [6, 6.07) is 22.2. The Morgan fingerprint density at radius 3 is 2.62 bits per heavy atom. The van der Waals surface area contributed by atoms with Crippen molar-refractivity contribution in [1.29, 1.82) is 0 Å². The van der Waals surface area contributed by atoms with Crippen LogP contribution in [0.15, 0.2) is 72.9 Å². The van der Waals surface area contributed by atoms with Crippen LogP contribution in [-0.2, 0) is 6.42 Å². The minimum absolute atomic E-state index is 0.199. The number of rotatable bonds is 8. The maximum Gasteiger partial charge on any atom is 0.162 e. The largest absolute Gasteiger partial charge is 0.354 e. The molecule has 0 spiro atoms. The van der Waals surface area contributed by atoms with Crippen LogP contribution in [0.3, 0.4) is 0 Å². The van der Waals surface area contributed by atoms with Gasteiger partial charge in [-0.25, -0.2) is 0 Å². The van der Waals surface area contributed by atoms with Gasteiger partial charge in [0.05, 0.1) is 5.69 Å². The fourth-order valence-electron chi connectivity index (χ4n) is 4.30. The van der Waals surface area contributed by atoms with Crippen molar-refractivity contribution >= 4 is 39.2 Å². The number of carbonyl (C=O) groups is 1. The van der Waals surface area contributed by atoms with Crippen LogP contribution >= 0.6 is 11.6 Å². The van der Waals surface area contributed by atoms with Gasteiger partial charge in [-0.05, 0) is 60.7 Å². The number of benzene rings is 3. The number of aromatic amines is 2. The first-order chi connectivity index (χ1) is 15.7. The lowest BCUT2D eigenvalue weighted by atomic mass is 10.00. The molecule has 0 aliphatic carbocycles. The van der Waals surface area contributed by atoms with Crippen molar-refractivity contribution in [3.63, 3.8) is 0 Å². The normalized spacial score (nSPS) is 11.4. The molecule has 0 saturated carbocycles. The van der Waals surface area contributed by atoms with Crippen molar-refractivity contribution in [1.82, 2.24) is 15.2 Å². The molecule has 2 aromatic heterocycles. The smallest absolute Gasteiger partial charge is 0.162 e. The Morgan fingerprint density at radius 2 is 1.75 bits per heavy atom. The fraction of sp³-hybridized carbons (Fsp3) is 0.185. The third-order valence-corrected chi connectivity index (χ3v) is 6.40. The summed E-state index contributed by atoms with van der Waals surface area (Å²) >= 11 is 6.39. The lowest BCUT2D eigenvalue weighted by Crippen LogP contribution is -1.99. The molecule has 0 bridgehead atoms. The predicted octanol–water partition coefficient (Wildman–Crippen LogP) is 7.35. The molecule has 0 amide bonds. The van der Waals surface area contributed by atoms with E-state index in [2.05, 4.69) is 39.4 Å².